The Morgan fingerprint density at radius 2 is 1.36 bits per heavy atom. The van der Waals surface area contributed by atoms with Gasteiger partial charge in [-0.2, -0.15) is 0 Å². The van der Waals surface area contributed by atoms with Crippen molar-refractivity contribution in [3.05, 3.63) is 24.3 Å². The van der Waals surface area contributed by atoms with Gasteiger partial charge in [0.15, 0.2) is 0 Å². The van der Waals surface area contributed by atoms with E-state index in [0.29, 0.717) is 0 Å². The molecule has 6 atom stereocenters. The maximum Gasteiger partial charge on any atom is 0.0462 e. The number of methoxy groups -OCH3 is 1. The lowest BCUT2D eigenvalue weighted by Crippen LogP contribution is -2.37. The fraction of sp³-hybridized carbons (Fsp3) is 0.846. The minimum atomic E-state index is 0.920. The monoisotopic (exact) mass is 385 g/mol. The molecule has 0 aliphatic heterocycles. The molecule has 0 N–H and O–H groups in total. The molecule has 0 spiro atoms. The highest BCUT2D eigenvalue weighted by Crippen LogP contribution is 2.51. The number of nitrogens with zero attached hydrogens (tertiary/aromatic N) is 1. The zero-order valence-electron chi connectivity index (χ0n) is 18.3. The number of rotatable bonds is 10. The highest BCUT2D eigenvalue weighted by atomic mass is 16.5. The summed E-state index contributed by atoms with van der Waals surface area (Å²) in [6.45, 7) is 13.6. The van der Waals surface area contributed by atoms with Crippen LogP contribution in [0.1, 0.15) is 70.6 Å². The Balaban J connectivity index is 1.33. The summed E-state index contributed by atoms with van der Waals surface area (Å²) in [5.74, 6) is 5.69. The first kappa shape index (κ1) is 20.7. The summed E-state index contributed by atoms with van der Waals surface area (Å²) in [5.41, 5.74) is 3.07. The molecule has 0 aromatic rings. The molecule has 0 radical (unpaired) electrons. The van der Waals surface area contributed by atoms with Crippen molar-refractivity contribution in [1.82, 2.24) is 4.90 Å². The lowest BCUT2D eigenvalue weighted by molar-refractivity contribution is 0.152. The van der Waals surface area contributed by atoms with E-state index in [-0.39, 0.29) is 0 Å². The zero-order valence-corrected chi connectivity index (χ0v) is 18.3. The van der Waals surface area contributed by atoms with Crippen molar-refractivity contribution in [3.8, 4) is 0 Å². The predicted molar refractivity (Wildman–Crippen MR) is 118 cm³/mol. The second-order valence-electron chi connectivity index (χ2n) is 10.7. The zero-order chi connectivity index (χ0) is 19.5. The second-order valence-corrected chi connectivity index (χ2v) is 10.7. The number of fused-ring (bicyclic) bond motifs is 2. The van der Waals surface area contributed by atoms with Gasteiger partial charge in [-0.3, -0.25) is 0 Å². The van der Waals surface area contributed by atoms with Gasteiger partial charge in [-0.1, -0.05) is 24.3 Å². The Kier molecular flexibility index (Phi) is 6.99. The Bertz CT molecular complexity index is 513. The first-order valence-corrected chi connectivity index (χ1v) is 12.2. The summed E-state index contributed by atoms with van der Waals surface area (Å²) in [4.78, 5) is 2.90. The third-order valence-corrected chi connectivity index (χ3v) is 8.70. The highest BCUT2D eigenvalue weighted by molar-refractivity contribution is 5.11. The van der Waals surface area contributed by atoms with Crippen LogP contribution >= 0.6 is 0 Å². The molecule has 0 heterocycles. The van der Waals surface area contributed by atoms with Crippen LogP contribution in [0, 0.1) is 35.5 Å². The fourth-order valence-electron chi connectivity index (χ4n) is 7.36. The molecule has 2 heteroatoms. The van der Waals surface area contributed by atoms with Crippen molar-refractivity contribution in [3.63, 3.8) is 0 Å². The van der Waals surface area contributed by atoms with Crippen molar-refractivity contribution in [2.75, 3.05) is 33.4 Å². The van der Waals surface area contributed by atoms with Crippen LogP contribution in [0.4, 0.5) is 0 Å². The highest BCUT2D eigenvalue weighted by Gasteiger charge is 2.43. The number of allylic oxidation sites excluding steroid dienone is 2. The molecule has 4 aliphatic carbocycles. The smallest absolute Gasteiger partial charge is 0.0462 e. The molecule has 28 heavy (non-hydrogen) atoms. The maximum absolute atomic E-state index is 5.25. The topological polar surface area (TPSA) is 12.5 Å². The summed E-state index contributed by atoms with van der Waals surface area (Å²) in [6, 6.07) is 0. The van der Waals surface area contributed by atoms with E-state index in [2.05, 4.69) is 18.1 Å². The molecule has 4 fully saturated rings. The van der Waals surface area contributed by atoms with Crippen molar-refractivity contribution in [2.45, 2.75) is 70.6 Å². The lowest BCUT2D eigenvalue weighted by Gasteiger charge is -2.32. The van der Waals surface area contributed by atoms with E-state index < -0.39 is 0 Å². The first-order valence-electron chi connectivity index (χ1n) is 12.2. The number of unbranched alkanes of at least 4 members (excludes halogenated alkanes) is 2. The van der Waals surface area contributed by atoms with E-state index in [4.69, 9.17) is 4.74 Å². The summed E-state index contributed by atoms with van der Waals surface area (Å²) < 4.78 is 5.25. The third kappa shape index (κ3) is 4.75. The van der Waals surface area contributed by atoms with Crippen LogP contribution in [-0.2, 0) is 4.74 Å². The van der Waals surface area contributed by atoms with E-state index in [0.717, 1.165) is 42.1 Å². The molecule has 2 nitrogen and oxygen atoms in total. The van der Waals surface area contributed by atoms with Crippen molar-refractivity contribution >= 4 is 0 Å². The van der Waals surface area contributed by atoms with Gasteiger partial charge in [-0.15, -0.1) is 0 Å². The maximum atomic E-state index is 5.25. The van der Waals surface area contributed by atoms with Crippen LogP contribution in [0.25, 0.3) is 0 Å². The van der Waals surface area contributed by atoms with E-state index in [1.54, 1.807) is 0 Å². The van der Waals surface area contributed by atoms with Crippen LogP contribution in [0.3, 0.4) is 0 Å². The summed E-state index contributed by atoms with van der Waals surface area (Å²) in [7, 11) is 1.82. The summed E-state index contributed by atoms with van der Waals surface area (Å²) in [5, 5.41) is 0. The molecule has 0 amide bonds. The molecule has 0 aromatic carbocycles. The van der Waals surface area contributed by atoms with Gasteiger partial charge in [0.25, 0.3) is 0 Å². The van der Waals surface area contributed by atoms with Gasteiger partial charge in [0, 0.05) is 26.8 Å². The largest absolute Gasteiger partial charge is 0.385 e. The van der Waals surface area contributed by atoms with E-state index in [1.165, 1.54) is 101 Å². The minimum absolute atomic E-state index is 0.920. The molecule has 0 bridgehead atoms. The molecule has 0 aromatic heterocycles. The summed E-state index contributed by atoms with van der Waals surface area (Å²) >= 11 is 0. The molecule has 0 saturated heterocycles. The number of hydrogen-bond acceptors (Lipinski definition) is 2. The standard InChI is InChI=1S/C26H43NO/c1-19-13-21-7-9-23(25(21)15-19)17-27(11-5-4-6-12-28-3)18-24-10-8-22-14-20(2)16-26(22)24/h21-26H,1-2,4-18H2,3H3/t21?,22?,23?,24?,25-,26-/m0/s1. The molecule has 4 saturated carbocycles. The van der Waals surface area contributed by atoms with Gasteiger partial charge in [-0.05, 0) is 113 Å². The van der Waals surface area contributed by atoms with Crippen LogP contribution in [0.15, 0.2) is 24.3 Å². The van der Waals surface area contributed by atoms with Crippen LogP contribution in [0.5, 0.6) is 0 Å². The van der Waals surface area contributed by atoms with Crippen molar-refractivity contribution in [1.29, 1.82) is 0 Å². The van der Waals surface area contributed by atoms with E-state index in [1.807, 2.05) is 7.11 Å². The molecule has 4 unspecified atom stereocenters. The van der Waals surface area contributed by atoms with Gasteiger partial charge >= 0.3 is 0 Å². The Hall–Kier alpha value is -0.600. The Morgan fingerprint density at radius 1 is 0.786 bits per heavy atom. The molecular weight excluding hydrogens is 342 g/mol. The molecule has 4 rings (SSSR count). The Morgan fingerprint density at radius 3 is 1.89 bits per heavy atom. The quantitative estimate of drug-likeness (QED) is 0.333. The molecule has 4 aliphatic rings. The predicted octanol–water partition coefficient (Wildman–Crippen LogP) is 6.09. The molecule has 158 valence electrons. The average Bonchev–Trinajstić information content (AvgIpc) is 3.39. The average molecular weight is 386 g/mol. The number of ether oxygens (including phenoxy) is 1. The first-order chi connectivity index (χ1) is 13.6. The Labute approximate surface area is 173 Å². The summed E-state index contributed by atoms with van der Waals surface area (Å²) in [6.07, 6.45) is 15.0. The minimum Gasteiger partial charge on any atom is -0.385 e. The third-order valence-electron chi connectivity index (χ3n) is 8.70. The van der Waals surface area contributed by atoms with Gasteiger partial charge < -0.3 is 9.64 Å². The van der Waals surface area contributed by atoms with E-state index in [9.17, 15) is 0 Å². The fourth-order valence-corrected chi connectivity index (χ4v) is 7.36. The number of hydrogen-bond donors (Lipinski definition) is 0. The van der Waals surface area contributed by atoms with Crippen LogP contribution in [-0.4, -0.2) is 38.3 Å². The van der Waals surface area contributed by atoms with Gasteiger partial charge in [-0.25, -0.2) is 0 Å². The van der Waals surface area contributed by atoms with Gasteiger partial charge in [0.05, 0.1) is 0 Å². The molecular formula is C26H43NO. The normalized spacial score (nSPS) is 37.2. The van der Waals surface area contributed by atoms with Crippen molar-refractivity contribution < 1.29 is 4.74 Å². The van der Waals surface area contributed by atoms with Crippen LogP contribution in [0.2, 0.25) is 0 Å². The second kappa shape index (κ2) is 9.47. The van der Waals surface area contributed by atoms with E-state index >= 15 is 0 Å². The lowest BCUT2D eigenvalue weighted by atomic mass is 9.89. The van der Waals surface area contributed by atoms with Gasteiger partial charge in [0.1, 0.15) is 0 Å². The SMILES string of the molecule is C=C1CC2CCC(CN(CCCCCOC)CC3CCC4CC(=C)C[C@@H]43)[C@H]2C1. The van der Waals surface area contributed by atoms with Crippen LogP contribution < -0.4 is 0 Å². The van der Waals surface area contributed by atoms with Crippen molar-refractivity contribution in [2.24, 2.45) is 35.5 Å². The van der Waals surface area contributed by atoms with Gasteiger partial charge in [0.2, 0.25) is 0 Å².